The number of amides is 1. The highest BCUT2D eigenvalue weighted by Crippen LogP contribution is 2.22. The second-order valence-electron chi connectivity index (χ2n) is 6.76. The van der Waals surface area contributed by atoms with E-state index < -0.39 is 11.8 Å². The fourth-order valence-electron chi connectivity index (χ4n) is 2.93. The quantitative estimate of drug-likeness (QED) is 0.509. The zero-order valence-corrected chi connectivity index (χ0v) is 16.1. The molecule has 4 rings (SSSR count). The van der Waals surface area contributed by atoms with Crippen LogP contribution in [0.2, 0.25) is 0 Å². The monoisotopic (exact) mass is 400 g/mol. The number of esters is 1. The Morgan fingerprint density at radius 1 is 1.03 bits per heavy atom. The maximum Gasteiger partial charge on any atom is 0.363 e. The zero-order valence-electron chi connectivity index (χ0n) is 16.1. The lowest BCUT2D eigenvalue weighted by atomic mass is 10.1. The molecule has 1 aliphatic rings. The maximum atomic E-state index is 13.9. The number of cyclic esters (lactones) is 1. The highest BCUT2D eigenvalue weighted by molar-refractivity contribution is 6.13. The minimum Gasteiger partial charge on any atom is -0.402 e. The predicted molar refractivity (Wildman–Crippen MR) is 113 cm³/mol. The van der Waals surface area contributed by atoms with Gasteiger partial charge in [0.05, 0.1) is 5.56 Å². The largest absolute Gasteiger partial charge is 0.402 e. The van der Waals surface area contributed by atoms with Crippen molar-refractivity contribution in [2.45, 2.75) is 6.92 Å². The number of halogens is 1. The van der Waals surface area contributed by atoms with Crippen molar-refractivity contribution in [2.75, 3.05) is 5.32 Å². The van der Waals surface area contributed by atoms with E-state index in [4.69, 9.17) is 4.74 Å². The summed E-state index contributed by atoms with van der Waals surface area (Å²) in [6.07, 6.45) is 1.53. The van der Waals surface area contributed by atoms with Gasteiger partial charge in [-0.25, -0.2) is 14.2 Å². The molecule has 0 saturated heterocycles. The third kappa shape index (κ3) is 4.17. The maximum absolute atomic E-state index is 13.9. The van der Waals surface area contributed by atoms with E-state index in [2.05, 4.69) is 10.3 Å². The van der Waals surface area contributed by atoms with E-state index in [1.165, 1.54) is 18.2 Å². The Morgan fingerprint density at radius 2 is 1.80 bits per heavy atom. The molecule has 3 aromatic carbocycles. The number of anilines is 1. The molecular formula is C24H17FN2O3. The number of ether oxygens (including phenoxy) is 1. The summed E-state index contributed by atoms with van der Waals surface area (Å²) in [7, 11) is 0. The van der Waals surface area contributed by atoms with E-state index in [9.17, 15) is 14.0 Å². The van der Waals surface area contributed by atoms with E-state index in [0.29, 0.717) is 16.8 Å². The van der Waals surface area contributed by atoms with Crippen molar-refractivity contribution in [2.24, 2.45) is 4.99 Å². The normalized spacial score (nSPS) is 14.4. The Balaban J connectivity index is 1.56. The fourth-order valence-corrected chi connectivity index (χ4v) is 2.93. The molecule has 0 saturated carbocycles. The number of carbonyl (C=O) groups excluding carboxylic acids is 2. The van der Waals surface area contributed by atoms with E-state index >= 15 is 0 Å². The number of aryl methyl sites for hydroxylation is 1. The predicted octanol–water partition coefficient (Wildman–Crippen LogP) is 4.73. The standard InChI is InChI=1S/C24H17FN2O3/c1-15-9-11-17(12-10-15)22(28)26-18-6-4-5-16(13-18)14-21-24(29)30-23(27-21)19-7-2-3-8-20(19)25/h2-14H,1H3,(H,26,28). The van der Waals surface area contributed by atoms with Crippen LogP contribution in [0.5, 0.6) is 0 Å². The van der Waals surface area contributed by atoms with Gasteiger partial charge in [0.25, 0.3) is 5.91 Å². The summed E-state index contributed by atoms with van der Waals surface area (Å²) in [6.45, 7) is 1.95. The zero-order chi connectivity index (χ0) is 21.1. The first kappa shape index (κ1) is 19.3. The van der Waals surface area contributed by atoms with Crippen molar-refractivity contribution in [1.29, 1.82) is 0 Å². The molecule has 6 heteroatoms. The first-order valence-electron chi connectivity index (χ1n) is 9.25. The third-order valence-electron chi connectivity index (χ3n) is 4.49. The average Bonchev–Trinajstić information content (AvgIpc) is 3.09. The summed E-state index contributed by atoms with van der Waals surface area (Å²) in [5.41, 5.74) is 2.99. The summed E-state index contributed by atoms with van der Waals surface area (Å²) >= 11 is 0. The van der Waals surface area contributed by atoms with E-state index in [1.54, 1.807) is 48.5 Å². The number of rotatable bonds is 4. The molecule has 0 unspecified atom stereocenters. The van der Waals surface area contributed by atoms with Crippen LogP contribution in [0, 0.1) is 12.7 Å². The number of aliphatic imine (C=N–C) groups is 1. The van der Waals surface area contributed by atoms with Gasteiger partial charge in [0.15, 0.2) is 5.70 Å². The molecule has 1 N–H and O–H groups in total. The fraction of sp³-hybridized carbons (Fsp3) is 0.0417. The molecule has 1 heterocycles. The first-order valence-corrected chi connectivity index (χ1v) is 9.25. The minimum absolute atomic E-state index is 0.0512. The second kappa shape index (κ2) is 8.13. The molecule has 1 amide bonds. The lowest BCUT2D eigenvalue weighted by Crippen LogP contribution is -2.11. The number of hydrogen-bond donors (Lipinski definition) is 1. The number of benzene rings is 3. The molecule has 0 bridgehead atoms. The van der Waals surface area contributed by atoms with Crippen molar-refractivity contribution < 1.29 is 18.7 Å². The summed E-state index contributed by atoms with van der Waals surface area (Å²) in [5, 5.41) is 2.83. The summed E-state index contributed by atoms with van der Waals surface area (Å²) < 4.78 is 19.0. The van der Waals surface area contributed by atoms with Crippen molar-refractivity contribution >= 4 is 29.5 Å². The van der Waals surface area contributed by atoms with Crippen LogP contribution in [0.1, 0.15) is 27.0 Å². The van der Waals surface area contributed by atoms with E-state index in [1.807, 2.05) is 19.1 Å². The molecule has 148 valence electrons. The number of nitrogens with one attached hydrogen (secondary N) is 1. The lowest BCUT2D eigenvalue weighted by molar-refractivity contribution is -0.129. The molecule has 0 atom stereocenters. The van der Waals surface area contributed by atoms with Crippen molar-refractivity contribution in [1.82, 2.24) is 0 Å². The van der Waals surface area contributed by atoms with Crippen LogP contribution in [0.15, 0.2) is 83.5 Å². The molecule has 0 aromatic heterocycles. The number of carbonyl (C=O) groups is 2. The highest BCUT2D eigenvalue weighted by atomic mass is 19.1. The first-order chi connectivity index (χ1) is 14.5. The van der Waals surface area contributed by atoms with Gasteiger partial charge in [0.2, 0.25) is 5.90 Å². The van der Waals surface area contributed by atoms with Gasteiger partial charge in [-0.15, -0.1) is 0 Å². The Bertz CT molecular complexity index is 1200. The Labute approximate surface area is 172 Å². The summed E-state index contributed by atoms with van der Waals surface area (Å²) in [6, 6.07) is 20.2. The number of hydrogen-bond acceptors (Lipinski definition) is 4. The van der Waals surface area contributed by atoms with Gasteiger partial charge in [-0.1, -0.05) is 42.0 Å². The second-order valence-corrected chi connectivity index (χ2v) is 6.76. The van der Waals surface area contributed by atoms with Gasteiger partial charge < -0.3 is 10.1 Å². The minimum atomic E-state index is -0.664. The van der Waals surface area contributed by atoms with Crippen LogP contribution >= 0.6 is 0 Å². The SMILES string of the molecule is Cc1ccc(C(=O)Nc2cccc(C=C3N=C(c4ccccc4F)OC3=O)c2)cc1. The van der Waals surface area contributed by atoms with Crippen molar-refractivity contribution in [3.8, 4) is 0 Å². The van der Waals surface area contributed by atoms with Gasteiger partial charge in [-0.05, 0) is 55.0 Å². The molecule has 5 nitrogen and oxygen atoms in total. The van der Waals surface area contributed by atoms with Crippen LogP contribution < -0.4 is 5.32 Å². The Hall–Kier alpha value is -4.06. The molecule has 1 aliphatic heterocycles. The molecule has 0 aliphatic carbocycles. The van der Waals surface area contributed by atoms with Crippen molar-refractivity contribution in [3.63, 3.8) is 0 Å². The molecule has 3 aromatic rings. The van der Waals surface area contributed by atoms with Crippen molar-refractivity contribution in [3.05, 3.63) is 107 Å². The van der Waals surface area contributed by atoms with E-state index in [-0.39, 0.29) is 23.1 Å². The molecule has 0 fully saturated rings. The van der Waals surface area contributed by atoms with Gasteiger partial charge in [-0.3, -0.25) is 4.79 Å². The molecule has 30 heavy (non-hydrogen) atoms. The van der Waals surface area contributed by atoms with Crippen LogP contribution in [-0.4, -0.2) is 17.8 Å². The third-order valence-corrected chi connectivity index (χ3v) is 4.49. The van der Waals surface area contributed by atoms with Crippen LogP contribution in [0.3, 0.4) is 0 Å². The highest BCUT2D eigenvalue weighted by Gasteiger charge is 2.25. The smallest absolute Gasteiger partial charge is 0.363 e. The van der Waals surface area contributed by atoms with Crippen LogP contribution in [0.4, 0.5) is 10.1 Å². The van der Waals surface area contributed by atoms with Gasteiger partial charge >= 0.3 is 5.97 Å². The molecular weight excluding hydrogens is 383 g/mol. The topological polar surface area (TPSA) is 67.8 Å². The summed E-state index contributed by atoms with van der Waals surface area (Å²) in [5.74, 6) is -1.50. The van der Waals surface area contributed by atoms with Gasteiger partial charge in [-0.2, -0.15) is 0 Å². The Morgan fingerprint density at radius 3 is 2.57 bits per heavy atom. The molecule has 0 spiro atoms. The van der Waals surface area contributed by atoms with Crippen LogP contribution in [0.25, 0.3) is 6.08 Å². The lowest BCUT2D eigenvalue weighted by Gasteiger charge is -2.06. The average molecular weight is 400 g/mol. The van der Waals surface area contributed by atoms with Gasteiger partial charge in [0, 0.05) is 11.3 Å². The van der Waals surface area contributed by atoms with Gasteiger partial charge in [0.1, 0.15) is 5.82 Å². The Kier molecular flexibility index (Phi) is 5.22. The molecule has 0 radical (unpaired) electrons. The van der Waals surface area contributed by atoms with Crippen LogP contribution in [-0.2, 0) is 9.53 Å². The summed E-state index contributed by atoms with van der Waals surface area (Å²) in [4.78, 5) is 28.7. The van der Waals surface area contributed by atoms with E-state index in [0.717, 1.165) is 5.56 Å². The number of nitrogens with zero attached hydrogens (tertiary/aromatic N) is 1.